The molecule has 0 radical (unpaired) electrons. The van der Waals surface area contributed by atoms with Crippen LogP contribution in [-0.4, -0.2) is 107 Å². The van der Waals surface area contributed by atoms with E-state index in [4.69, 9.17) is 20.5 Å². The molecule has 3 heterocycles. The van der Waals surface area contributed by atoms with Crippen molar-refractivity contribution >= 4 is 28.7 Å². The lowest BCUT2D eigenvalue weighted by atomic mass is 10.2. The lowest BCUT2D eigenvalue weighted by Crippen LogP contribution is -2.37. The normalized spacial score (nSPS) is 13.5. The van der Waals surface area contributed by atoms with Crippen molar-refractivity contribution < 1.29 is 28.6 Å². The number of nitrogens with two attached hydrogens (primary N) is 1. The van der Waals surface area contributed by atoms with Crippen molar-refractivity contribution in [3.63, 3.8) is 0 Å². The molecular weight excluding hydrogens is 537 g/mol. The van der Waals surface area contributed by atoms with Crippen LogP contribution in [0.2, 0.25) is 0 Å². The molecule has 0 saturated heterocycles. The van der Waals surface area contributed by atoms with E-state index in [0.717, 1.165) is 17.7 Å². The first-order valence-electron chi connectivity index (χ1n) is 13.2. The number of nitrogens with one attached hydrogen (secondary N) is 2. The SMILES string of the molecule is N#Cc1cnc2c(cnn2-c2cc(NC3CC3)c(C(=O)NCC(F)COCCN(CCOCCN)C(=O)O)cn2)c1. The Kier molecular flexibility index (Phi) is 10.3. The van der Waals surface area contributed by atoms with E-state index in [2.05, 4.69) is 25.7 Å². The second-order valence-electron chi connectivity index (χ2n) is 9.36. The topological polar surface area (TPSA) is 194 Å². The van der Waals surface area contributed by atoms with Crippen LogP contribution in [0, 0.1) is 11.3 Å². The summed E-state index contributed by atoms with van der Waals surface area (Å²) in [6.45, 7) is 0.462. The summed E-state index contributed by atoms with van der Waals surface area (Å²) in [4.78, 5) is 34.1. The first-order chi connectivity index (χ1) is 19.9. The fraction of sp³-hybridized carbons (Fsp3) is 0.462. The number of carbonyl (C=O) groups is 2. The monoisotopic (exact) mass is 569 g/mol. The molecule has 2 amide bonds. The van der Waals surface area contributed by atoms with Crippen molar-refractivity contribution in [3.05, 3.63) is 41.9 Å². The molecule has 1 fully saturated rings. The minimum absolute atomic E-state index is 0.00676. The fourth-order valence-corrected chi connectivity index (χ4v) is 3.86. The zero-order chi connectivity index (χ0) is 29.2. The van der Waals surface area contributed by atoms with Crippen LogP contribution in [0.1, 0.15) is 28.8 Å². The van der Waals surface area contributed by atoms with Gasteiger partial charge in [0.2, 0.25) is 0 Å². The number of pyridine rings is 2. The van der Waals surface area contributed by atoms with Gasteiger partial charge in [-0.2, -0.15) is 15.0 Å². The average Bonchev–Trinajstić information content (AvgIpc) is 3.69. The quantitative estimate of drug-likeness (QED) is 0.182. The van der Waals surface area contributed by atoms with E-state index in [1.807, 2.05) is 6.07 Å². The molecule has 1 unspecified atom stereocenters. The summed E-state index contributed by atoms with van der Waals surface area (Å²) in [5.74, 6) is -0.0819. The smallest absolute Gasteiger partial charge is 0.407 e. The van der Waals surface area contributed by atoms with Crippen molar-refractivity contribution in [2.24, 2.45) is 5.73 Å². The Bertz CT molecular complexity index is 1390. The number of halogens is 1. The maximum Gasteiger partial charge on any atom is 0.407 e. The van der Waals surface area contributed by atoms with Gasteiger partial charge in [-0.15, -0.1) is 0 Å². The van der Waals surface area contributed by atoms with Crippen LogP contribution in [0.25, 0.3) is 16.9 Å². The van der Waals surface area contributed by atoms with Gasteiger partial charge in [0.25, 0.3) is 5.91 Å². The molecule has 4 rings (SSSR count). The molecule has 1 aliphatic rings. The highest BCUT2D eigenvalue weighted by molar-refractivity contribution is 5.99. The summed E-state index contributed by atoms with van der Waals surface area (Å²) in [5, 5.41) is 29.2. The molecule has 1 aliphatic carbocycles. The number of carbonyl (C=O) groups excluding carboxylic acids is 1. The van der Waals surface area contributed by atoms with Crippen molar-refractivity contribution in [1.29, 1.82) is 5.26 Å². The molecule has 0 aromatic carbocycles. The van der Waals surface area contributed by atoms with Crippen LogP contribution in [0.3, 0.4) is 0 Å². The first-order valence-corrected chi connectivity index (χ1v) is 13.2. The number of hydrogen-bond acceptors (Lipinski definition) is 10. The van der Waals surface area contributed by atoms with Gasteiger partial charge in [-0.1, -0.05) is 0 Å². The Hall–Kier alpha value is -4.39. The van der Waals surface area contributed by atoms with Gasteiger partial charge in [0.05, 0.1) is 56.0 Å². The minimum atomic E-state index is -1.50. The first kappa shape index (κ1) is 29.6. The highest BCUT2D eigenvalue weighted by atomic mass is 19.1. The molecule has 1 saturated carbocycles. The largest absolute Gasteiger partial charge is 0.465 e. The maximum atomic E-state index is 14.5. The molecular formula is C26H32FN9O5. The third-order valence-corrected chi connectivity index (χ3v) is 6.15. The summed E-state index contributed by atoms with van der Waals surface area (Å²) < 4.78 is 26.4. The van der Waals surface area contributed by atoms with Crippen LogP contribution in [0.5, 0.6) is 0 Å². The number of aromatic nitrogens is 4. The van der Waals surface area contributed by atoms with E-state index in [0.29, 0.717) is 41.3 Å². The molecule has 0 spiro atoms. The lowest BCUT2D eigenvalue weighted by molar-refractivity contribution is 0.0514. The van der Waals surface area contributed by atoms with Gasteiger partial charge in [0.1, 0.15) is 12.2 Å². The van der Waals surface area contributed by atoms with Crippen molar-refractivity contribution in [1.82, 2.24) is 30.0 Å². The van der Waals surface area contributed by atoms with E-state index in [1.165, 1.54) is 17.1 Å². The Balaban J connectivity index is 1.31. The molecule has 0 aliphatic heterocycles. The Morgan fingerprint density at radius 3 is 2.68 bits per heavy atom. The van der Waals surface area contributed by atoms with Crippen molar-refractivity contribution in [3.8, 4) is 11.9 Å². The number of fused-ring (bicyclic) bond motifs is 1. The Labute approximate surface area is 235 Å². The summed E-state index contributed by atoms with van der Waals surface area (Å²) >= 11 is 0. The van der Waals surface area contributed by atoms with Gasteiger partial charge in [-0.25, -0.2) is 19.2 Å². The van der Waals surface area contributed by atoms with Crippen molar-refractivity contribution in [2.75, 3.05) is 57.9 Å². The second-order valence-corrected chi connectivity index (χ2v) is 9.36. The predicted octanol–water partition coefficient (Wildman–Crippen LogP) is 1.30. The summed E-state index contributed by atoms with van der Waals surface area (Å²) in [6, 6.07) is 5.63. The van der Waals surface area contributed by atoms with E-state index < -0.39 is 18.2 Å². The number of carboxylic acid groups (broad SMARTS) is 1. The van der Waals surface area contributed by atoms with Gasteiger partial charge >= 0.3 is 6.09 Å². The van der Waals surface area contributed by atoms with Crippen LogP contribution in [0.15, 0.2) is 30.7 Å². The number of nitriles is 1. The Morgan fingerprint density at radius 2 is 1.98 bits per heavy atom. The summed E-state index contributed by atoms with van der Waals surface area (Å²) in [6.07, 6.45) is 3.72. The third-order valence-electron chi connectivity index (χ3n) is 6.15. The number of rotatable bonds is 16. The zero-order valence-electron chi connectivity index (χ0n) is 22.3. The van der Waals surface area contributed by atoms with E-state index in [1.54, 1.807) is 18.3 Å². The van der Waals surface area contributed by atoms with Gasteiger partial charge in [-0.3, -0.25) is 4.79 Å². The van der Waals surface area contributed by atoms with Gasteiger partial charge in [0, 0.05) is 49.5 Å². The van der Waals surface area contributed by atoms with E-state index >= 15 is 0 Å². The van der Waals surface area contributed by atoms with E-state index in [9.17, 15) is 19.1 Å². The minimum Gasteiger partial charge on any atom is -0.465 e. The van der Waals surface area contributed by atoms with Gasteiger partial charge < -0.3 is 35.8 Å². The number of amides is 2. The van der Waals surface area contributed by atoms with Gasteiger partial charge in [-0.05, 0) is 18.9 Å². The number of anilines is 1. The molecule has 15 heteroatoms. The van der Waals surface area contributed by atoms with Crippen LogP contribution < -0.4 is 16.4 Å². The standard InChI is InChI=1S/C26H32FN9O5/c27-19(16-41-8-5-35(26(38)39)4-7-40-6-3-28)14-32-25(37)21-15-30-23(10-22(21)34-20-1-2-20)36-24-18(13-33-36)9-17(11-29)12-31-24/h9-10,12-13,15,19-20H,1-8,14,16,28H2,(H,30,34)(H,32,37)(H,38,39). The molecule has 5 N–H and O–H groups in total. The Morgan fingerprint density at radius 1 is 1.20 bits per heavy atom. The number of ether oxygens (including phenoxy) is 2. The maximum absolute atomic E-state index is 14.5. The second kappa shape index (κ2) is 14.3. The van der Waals surface area contributed by atoms with Gasteiger partial charge in [0.15, 0.2) is 11.5 Å². The molecule has 41 heavy (non-hydrogen) atoms. The highest BCUT2D eigenvalue weighted by Gasteiger charge is 2.25. The van der Waals surface area contributed by atoms with Crippen LogP contribution in [-0.2, 0) is 9.47 Å². The molecule has 1 atom stereocenters. The average molecular weight is 570 g/mol. The lowest BCUT2D eigenvalue weighted by Gasteiger charge is -2.19. The highest BCUT2D eigenvalue weighted by Crippen LogP contribution is 2.28. The number of hydrogen-bond donors (Lipinski definition) is 4. The molecule has 14 nitrogen and oxygen atoms in total. The summed E-state index contributed by atoms with van der Waals surface area (Å²) in [7, 11) is 0. The fourth-order valence-electron chi connectivity index (χ4n) is 3.86. The molecule has 0 bridgehead atoms. The van der Waals surface area contributed by atoms with E-state index in [-0.39, 0.29) is 51.1 Å². The third kappa shape index (κ3) is 8.30. The number of nitrogens with zero attached hydrogens (tertiary/aromatic N) is 6. The number of alkyl halides is 1. The molecule has 3 aromatic heterocycles. The van der Waals surface area contributed by atoms with Crippen LogP contribution >= 0.6 is 0 Å². The summed E-state index contributed by atoms with van der Waals surface area (Å²) in [5.41, 5.74) is 7.03. The predicted molar refractivity (Wildman–Crippen MR) is 146 cm³/mol. The van der Waals surface area contributed by atoms with Crippen molar-refractivity contribution in [2.45, 2.75) is 25.1 Å². The molecule has 3 aromatic rings. The van der Waals surface area contributed by atoms with Crippen LogP contribution in [0.4, 0.5) is 14.9 Å². The molecule has 218 valence electrons. The zero-order valence-corrected chi connectivity index (χ0v) is 22.3.